The van der Waals surface area contributed by atoms with E-state index in [0.29, 0.717) is 0 Å². The Kier molecular flexibility index (Phi) is 4.71. The largest absolute Gasteiger partial charge is 0.271 e. The summed E-state index contributed by atoms with van der Waals surface area (Å²) in [5.74, 6) is 5.59. The second-order valence-corrected chi connectivity index (χ2v) is 5.14. The molecule has 0 fully saturated rings. The predicted molar refractivity (Wildman–Crippen MR) is 73.1 cm³/mol. The van der Waals surface area contributed by atoms with Crippen LogP contribution in [-0.4, -0.2) is 0 Å². The molecule has 0 aliphatic heterocycles. The smallest absolute Gasteiger partial charge is 0.0497 e. The first-order valence-electron chi connectivity index (χ1n) is 5.33. The molecule has 0 bridgehead atoms. The Morgan fingerprint density at radius 3 is 2.31 bits per heavy atom. The lowest BCUT2D eigenvalue weighted by Gasteiger charge is -2.18. The first-order chi connectivity index (χ1) is 7.45. The van der Waals surface area contributed by atoms with Gasteiger partial charge in [-0.2, -0.15) is 0 Å². The lowest BCUT2D eigenvalue weighted by molar-refractivity contribution is 0.549. The number of hydrogen-bond acceptors (Lipinski definition) is 2. The van der Waals surface area contributed by atoms with E-state index in [9.17, 15) is 0 Å². The van der Waals surface area contributed by atoms with E-state index in [4.69, 9.17) is 5.84 Å². The topological polar surface area (TPSA) is 38.0 Å². The van der Waals surface area contributed by atoms with Crippen molar-refractivity contribution < 1.29 is 0 Å². The third-order valence-electron chi connectivity index (χ3n) is 2.61. The van der Waals surface area contributed by atoms with Crippen LogP contribution >= 0.6 is 15.9 Å². The minimum absolute atomic E-state index is 0.142. The lowest BCUT2D eigenvalue weighted by atomic mass is 9.97. The van der Waals surface area contributed by atoms with Crippen molar-refractivity contribution in [2.45, 2.75) is 33.2 Å². The van der Waals surface area contributed by atoms with Crippen molar-refractivity contribution in [3.05, 3.63) is 45.4 Å². The zero-order valence-electron chi connectivity index (χ0n) is 10.1. The van der Waals surface area contributed by atoms with Crippen molar-refractivity contribution in [3.8, 4) is 0 Å². The van der Waals surface area contributed by atoms with Crippen LogP contribution in [0.4, 0.5) is 0 Å². The summed E-state index contributed by atoms with van der Waals surface area (Å²) in [6.45, 7) is 10.1. The summed E-state index contributed by atoms with van der Waals surface area (Å²) in [6.07, 6.45) is 0.858. The quantitative estimate of drug-likeness (QED) is 0.504. The molecular formula is C13H19BrN2. The van der Waals surface area contributed by atoms with E-state index in [2.05, 4.69) is 53.9 Å². The number of halogens is 1. The fourth-order valence-corrected chi connectivity index (χ4v) is 2.03. The minimum atomic E-state index is 0.142. The van der Waals surface area contributed by atoms with Gasteiger partial charge in [0.05, 0.1) is 0 Å². The van der Waals surface area contributed by atoms with Crippen LogP contribution in [0.2, 0.25) is 0 Å². The molecule has 1 aromatic rings. The SMILES string of the molecule is C=C(C)CC(NN)c1cc(C)c(Br)c(C)c1. The van der Waals surface area contributed by atoms with E-state index < -0.39 is 0 Å². The first kappa shape index (κ1) is 13.4. The Bertz CT molecular complexity index is 376. The highest BCUT2D eigenvalue weighted by Gasteiger charge is 2.12. The van der Waals surface area contributed by atoms with Gasteiger partial charge in [0.2, 0.25) is 0 Å². The van der Waals surface area contributed by atoms with Crippen molar-refractivity contribution in [1.29, 1.82) is 0 Å². The molecule has 0 amide bonds. The number of nitrogens with two attached hydrogens (primary N) is 1. The number of rotatable bonds is 4. The first-order valence-corrected chi connectivity index (χ1v) is 6.12. The fourth-order valence-electron chi connectivity index (χ4n) is 1.80. The van der Waals surface area contributed by atoms with Crippen LogP contribution in [0.1, 0.15) is 36.1 Å². The highest BCUT2D eigenvalue weighted by molar-refractivity contribution is 9.10. The predicted octanol–water partition coefficient (Wildman–Crippen LogP) is 3.54. The van der Waals surface area contributed by atoms with Crippen molar-refractivity contribution in [2.75, 3.05) is 0 Å². The standard InChI is InChI=1S/C13H19BrN2/c1-8(2)5-12(16-15)11-6-9(3)13(14)10(4)7-11/h6-7,12,16H,1,5,15H2,2-4H3. The van der Waals surface area contributed by atoms with Crippen LogP contribution in [-0.2, 0) is 0 Å². The van der Waals surface area contributed by atoms with Gasteiger partial charge < -0.3 is 0 Å². The van der Waals surface area contributed by atoms with Crippen LogP contribution < -0.4 is 11.3 Å². The van der Waals surface area contributed by atoms with Gasteiger partial charge in [-0.3, -0.25) is 11.3 Å². The monoisotopic (exact) mass is 282 g/mol. The summed E-state index contributed by atoms with van der Waals surface area (Å²) < 4.78 is 1.17. The molecule has 0 saturated heterocycles. The van der Waals surface area contributed by atoms with Gasteiger partial charge in [-0.05, 0) is 43.9 Å². The molecule has 0 saturated carbocycles. The highest BCUT2D eigenvalue weighted by Crippen LogP contribution is 2.27. The van der Waals surface area contributed by atoms with E-state index in [1.54, 1.807) is 0 Å². The molecule has 1 aromatic carbocycles. The van der Waals surface area contributed by atoms with Crippen LogP contribution in [0.15, 0.2) is 28.8 Å². The lowest BCUT2D eigenvalue weighted by Crippen LogP contribution is -2.28. The zero-order valence-corrected chi connectivity index (χ0v) is 11.7. The van der Waals surface area contributed by atoms with Gasteiger partial charge in [-0.25, -0.2) is 0 Å². The van der Waals surface area contributed by atoms with Crippen LogP contribution in [0.5, 0.6) is 0 Å². The van der Waals surface area contributed by atoms with Gasteiger partial charge in [0.1, 0.15) is 0 Å². The molecule has 0 aliphatic rings. The molecular weight excluding hydrogens is 264 g/mol. The average Bonchev–Trinajstić information content (AvgIpc) is 2.21. The molecule has 0 spiro atoms. The van der Waals surface area contributed by atoms with Gasteiger partial charge in [0, 0.05) is 10.5 Å². The third kappa shape index (κ3) is 3.17. The number of benzene rings is 1. The molecule has 0 radical (unpaired) electrons. The Morgan fingerprint density at radius 2 is 1.94 bits per heavy atom. The van der Waals surface area contributed by atoms with Gasteiger partial charge in [0.25, 0.3) is 0 Å². The van der Waals surface area contributed by atoms with Crippen molar-refractivity contribution >= 4 is 15.9 Å². The number of hydrazine groups is 1. The minimum Gasteiger partial charge on any atom is -0.271 e. The second kappa shape index (κ2) is 5.62. The fraction of sp³-hybridized carbons (Fsp3) is 0.385. The summed E-state index contributed by atoms with van der Waals surface area (Å²) >= 11 is 3.57. The van der Waals surface area contributed by atoms with Gasteiger partial charge in [-0.1, -0.05) is 33.6 Å². The van der Waals surface area contributed by atoms with Gasteiger partial charge in [0.15, 0.2) is 0 Å². The molecule has 1 atom stereocenters. The molecule has 3 N–H and O–H groups in total. The molecule has 2 nitrogen and oxygen atoms in total. The molecule has 1 rings (SSSR count). The van der Waals surface area contributed by atoms with Crippen molar-refractivity contribution in [1.82, 2.24) is 5.43 Å². The molecule has 3 heteroatoms. The van der Waals surface area contributed by atoms with Crippen LogP contribution in [0.25, 0.3) is 0 Å². The van der Waals surface area contributed by atoms with E-state index in [1.807, 2.05) is 6.92 Å². The van der Waals surface area contributed by atoms with E-state index in [1.165, 1.54) is 21.2 Å². The van der Waals surface area contributed by atoms with E-state index in [0.717, 1.165) is 12.0 Å². The van der Waals surface area contributed by atoms with Gasteiger partial charge >= 0.3 is 0 Å². The molecule has 16 heavy (non-hydrogen) atoms. The summed E-state index contributed by atoms with van der Waals surface area (Å²) in [6, 6.07) is 4.46. The highest BCUT2D eigenvalue weighted by atomic mass is 79.9. The van der Waals surface area contributed by atoms with E-state index >= 15 is 0 Å². The third-order valence-corrected chi connectivity index (χ3v) is 3.87. The van der Waals surface area contributed by atoms with Crippen molar-refractivity contribution in [3.63, 3.8) is 0 Å². The molecule has 1 unspecified atom stereocenters. The maximum absolute atomic E-state index is 5.59. The zero-order chi connectivity index (χ0) is 12.3. The Balaban J connectivity index is 3.06. The molecule has 0 aliphatic carbocycles. The molecule has 88 valence electrons. The average molecular weight is 283 g/mol. The Hall–Kier alpha value is -0.640. The van der Waals surface area contributed by atoms with E-state index in [-0.39, 0.29) is 6.04 Å². The summed E-state index contributed by atoms with van der Waals surface area (Å²) in [5, 5.41) is 0. The second-order valence-electron chi connectivity index (χ2n) is 4.35. The summed E-state index contributed by atoms with van der Waals surface area (Å²) in [5.41, 5.74) is 7.65. The number of nitrogens with one attached hydrogen (secondary N) is 1. The van der Waals surface area contributed by atoms with Crippen LogP contribution in [0.3, 0.4) is 0 Å². The van der Waals surface area contributed by atoms with Crippen LogP contribution in [0, 0.1) is 13.8 Å². The van der Waals surface area contributed by atoms with Gasteiger partial charge in [-0.15, -0.1) is 6.58 Å². The normalized spacial score (nSPS) is 12.6. The molecule has 0 heterocycles. The Labute approximate surface area is 106 Å². The maximum atomic E-state index is 5.59. The maximum Gasteiger partial charge on any atom is 0.0497 e. The number of hydrogen-bond donors (Lipinski definition) is 2. The summed E-state index contributed by atoms with van der Waals surface area (Å²) in [4.78, 5) is 0. The van der Waals surface area contributed by atoms with Crippen molar-refractivity contribution in [2.24, 2.45) is 5.84 Å². The number of aryl methyl sites for hydroxylation is 2. The molecule has 0 aromatic heterocycles. The summed E-state index contributed by atoms with van der Waals surface area (Å²) in [7, 11) is 0. The Morgan fingerprint density at radius 1 is 1.44 bits per heavy atom.